The molecule has 0 saturated carbocycles. The van der Waals surface area contributed by atoms with Gasteiger partial charge in [0.15, 0.2) is 5.69 Å². The van der Waals surface area contributed by atoms with Gasteiger partial charge in [0.2, 0.25) is 0 Å². The minimum Gasteiger partial charge on any atom is -0.497 e. The monoisotopic (exact) mass is 381 g/mol. The number of fused-ring (bicyclic) bond motifs is 1. The first-order valence-corrected chi connectivity index (χ1v) is 9.04. The van der Waals surface area contributed by atoms with E-state index in [1.807, 2.05) is 13.8 Å². The summed E-state index contributed by atoms with van der Waals surface area (Å²) in [5, 5.41) is 8.23. The van der Waals surface area contributed by atoms with Crippen LogP contribution in [0.3, 0.4) is 0 Å². The average Bonchev–Trinajstić information content (AvgIpc) is 2.73. The molecule has 0 bridgehead atoms. The van der Waals surface area contributed by atoms with Crippen molar-refractivity contribution in [2.24, 2.45) is 0 Å². The lowest BCUT2D eigenvalue weighted by Gasteiger charge is -2.15. The molecule has 0 spiro atoms. The third kappa shape index (κ3) is 3.69. The Balaban J connectivity index is 2.26. The molecule has 1 aromatic heterocycles. The Kier molecular flexibility index (Phi) is 5.63. The number of hydrogen-bond acceptors (Lipinski definition) is 5. The third-order valence-corrected chi connectivity index (χ3v) is 4.59. The van der Waals surface area contributed by atoms with Gasteiger partial charge in [0.05, 0.1) is 25.3 Å². The number of nitrogens with zero attached hydrogens (tertiary/aromatic N) is 2. The summed E-state index contributed by atoms with van der Waals surface area (Å²) >= 11 is 0. The van der Waals surface area contributed by atoms with Gasteiger partial charge >= 0.3 is 0 Å². The van der Waals surface area contributed by atoms with Crippen LogP contribution in [0.4, 0.5) is 0 Å². The Hall–Kier alpha value is -3.35. The first-order chi connectivity index (χ1) is 13.5. The SMILES string of the molecule is CC[C@@H](C)NC(=O)c1nn(-c2cc(OC)cc(OC)c2)c(=O)c2ccccc12. The maximum atomic E-state index is 13.1. The Morgan fingerprint density at radius 2 is 1.71 bits per heavy atom. The number of nitrogens with one attached hydrogen (secondary N) is 1. The summed E-state index contributed by atoms with van der Waals surface area (Å²) in [5.41, 5.74) is 0.313. The average molecular weight is 381 g/mol. The number of carbonyl (C=O) groups excluding carboxylic acids is 1. The van der Waals surface area contributed by atoms with E-state index in [1.165, 1.54) is 18.9 Å². The van der Waals surface area contributed by atoms with Gasteiger partial charge in [0, 0.05) is 29.6 Å². The summed E-state index contributed by atoms with van der Waals surface area (Å²) in [7, 11) is 3.06. The molecule has 0 aliphatic carbocycles. The van der Waals surface area contributed by atoms with Gasteiger partial charge in [-0.2, -0.15) is 9.78 Å². The standard InChI is InChI=1S/C21H23N3O4/c1-5-13(2)22-20(25)19-17-8-6-7-9-18(17)21(26)24(23-19)14-10-15(27-3)12-16(11-14)28-4/h6-13H,5H2,1-4H3,(H,22,25)/t13-/m1/s1. The molecule has 0 fully saturated rings. The lowest BCUT2D eigenvalue weighted by Crippen LogP contribution is -2.35. The van der Waals surface area contributed by atoms with Gasteiger partial charge in [-0.05, 0) is 19.4 Å². The molecule has 146 valence electrons. The fourth-order valence-electron chi connectivity index (χ4n) is 2.84. The first-order valence-electron chi connectivity index (χ1n) is 9.04. The van der Waals surface area contributed by atoms with E-state index in [2.05, 4.69) is 10.4 Å². The number of methoxy groups -OCH3 is 2. The summed E-state index contributed by atoms with van der Waals surface area (Å²) in [4.78, 5) is 25.9. The van der Waals surface area contributed by atoms with E-state index in [4.69, 9.17) is 9.47 Å². The summed E-state index contributed by atoms with van der Waals surface area (Å²) in [6.07, 6.45) is 0.788. The van der Waals surface area contributed by atoms with Gasteiger partial charge < -0.3 is 14.8 Å². The highest BCUT2D eigenvalue weighted by Crippen LogP contribution is 2.25. The zero-order chi connectivity index (χ0) is 20.3. The Bertz CT molecular complexity index is 1050. The Labute approximate surface area is 162 Å². The zero-order valence-electron chi connectivity index (χ0n) is 16.4. The van der Waals surface area contributed by atoms with Gasteiger partial charge in [-0.1, -0.05) is 25.1 Å². The molecule has 3 aromatic rings. The van der Waals surface area contributed by atoms with E-state index >= 15 is 0 Å². The predicted molar refractivity (Wildman–Crippen MR) is 108 cm³/mol. The lowest BCUT2D eigenvalue weighted by molar-refractivity contribution is 0.0934. The molecular weight excluding hydrogens is 358 g/mol. The van der Waals surface area contributed by atoms with Crippen molar-refractivity contribution >= 4 is 16.7 Å². The molecule has 0 radical (unpaired) electrons. The zero-order valence-corrected chi connectivity index (χ0v) is 16.4. The van der Waals surface area contributed by atoms with E-state index in [1.54, 1.807) is 42.5 Å². The van der Waals surface area contributed by atoms with Gasteiger partial charge in [-0.3, -0.25) is 9.59 Å². The summed E-state index contributed by atoms with van der Waals surface area (Å²) in [6, 6.07) is 12.0. The van der Waals surface area contributed by atoms with Gasteiger partial charge in [0.25, 0.3) is 11.5 Å². The number of hydrogen-bond donors (Lipinski definition) is 1. The number of carbonyl (C=O) groups is 1. The second kappa shape index (κ2) is 8.12. The van der Waals surface area contributed by atoms with Crippen LogP contribution in [-0.2, 0) is 0 Å². The lowest BCUT2D eigenvalue weighted by atomic mass is 10.1. The Morgan fingerprint density at radius 3 is 2.29 bits per heavy atom. The first kappa shape index (κ1) is 19.4. The number of rotatable bonds is 6. The van der Waals surface area contributed by atoms with Crippen molar-refractivity contribution in [3.63, 3.8) is 0 Å². The van der Waals surface area contributed by atoms with Crippen molar-refractivity contribution in [2.45, 2.75) is 26.3 Å². The van der Waals surface area contributed by atoms with Crippen molar-refractivity contribution in [2.75, 3.05) is 14.2 Å². The molecule has 0 saturated heterocycles. The number of benzene rings is 2. The van der Waals surface area contributed by atoms with Crippen LogP contribution in [0.5, 0.6) is 11.5 Å². The molecular formula is C21H23N3O4. The van der Waals surface area contributed by atoms with E-state index in [-0.39, 0.29) is 23.2 Å². The second-order valence-electron chi connectivity index (χ2n) is 6.46. The van der Waals surface area contributed by atoms with Crippen molar-refractivity contribution in [1.82, 2.24) is 15.1 Å². The van der Waals surface area contributed by atoms with Crippen LogP contribution in [0, 0.1) is 0 Å². The quantitative estimate of drug-likeness (QED) is 0.710. The van der Waals surface area contributed by atoms with Crippen LogP contribution in [0.25, 0.3) is 16.5 Å². The van der Waals surface area contributed by atoms with E-state index < -0.39 is 0 Å². The van der Waals surface area contributed by atoms with Crippen LogP contribution in [-0.4, -0.2) is 35.9 Å². The van der Waals surface area contributed by atoms with Gasteiger partial charge in [0.1, 0.15) is 11.5 Å². The van der Waals surface area contributed by atoms with E-state index in [0.717, 1.165) is 6.42 Å². The van der Waals surface area contributed by atoms with Crippen LogP contribution >= 0.6 is 0 Å². The molecule has 1 atom stereocenters. The van der Waals surface area contributed by atoms with Crippen molar-refractivity contribution < 1.29 is 14.3 Å². The minimum absolute atomic E-state index is 0.00893. The van der Waals surface area contributed by atoms with E-state index in [9.17, 15) is 9.59 Å². The van der Waals surface area contributed by atoms with Crippen molar-refractivity contribution in [3.05, 3.63) is 58.5 Å². The number of ether oxygens (including phenoxy) is 2. The fourth-order valence-corrected chi connectivity index (χ4v) is 2.84. The van der Waals surface area contributed by atoms with Gasteiger partial charge in [-0.15, -0.1) is 0 Å². The number of aromatic nitrogens is 2. The van der Waals surface area contributed by atoms with E-state index in [0.29, 0.717) is 28.0 Å². The minimum atomic E-state index is -0.328. The largest absolute Gasteiger partial charge is 0.497 e. The molecule has 1 N–H and O–H groups in total. The summed E-state index contributed by atoms with van der Waals surface area (Å²) in [6.45, 7) is 3.91. The van der Waals surface area contributed by atoms with Crippen LogP contribution in [0.2, 0.25) is 0 Å². The second-order valence-corrected chi connectivity index (χ2v) is 6.46. The maximum Gasteiger partial charge on any atom is 0.279 e. The summed E-state index contributed by atoms with van der Waals surface area (Å²) in [5.74, 6) is 0.706. The molecule has 7 nitrogen and oxygen atoms in total. The van der Waals surface area contributed by atoms with Crippen molar-refractivity contribution in [1.29, 1.82) is 0 Å². The highest BCUT2D eigenvalue weighted by atomic mass is 16.5. The normalized spacial score (nSPS) is 11.9. The topological polar surface area (TPSA) is 82.5 Å². The fraction of sp³-hybridized carbons (Fsp3) is 0.286. The van der Waals surface area contributed by atoms with Crippen molar-refractivity contribution in [3.8, 4) is 17.2 Å². The molecule has 3 rings (SSSR count). The molecule has 7 heteroatoms. The van der Waals surface area contributed by atoms with Gasteiger partial charge in [-0.25, -0.2) is 0 Å². The smallest absolute Gasteiger partial charge is 0.279 e. The Morgan fingerprint density at radius 1 is 1.11 bits per heavy atom. The highest BCUT2D eigenvalue weighted by molar-refractivity contribution is 6.04. The molecule has 28 heavy (non-hydrogen) atoms. The molecule has 0 unspecified atom stereocenters. The molecule has 1 heterocycles. The predicted octanol–water partition coefficient (Wildman–Crippen LogP) is 2.93. The molecule has 1 amide bonds. The van der Waals surface area contributed by atoms with Crippen LogP contribution < -0.4 is 20.3 Å². The molecule has 0 aliphatic heterocycles. The number of amides is 1. The highest BCUT2D eigenvalue weighted by Gasteiger charge is 2.19. The maximum absolute atomic E-state index is 13.1. The third-order valence-electron chi connectivity index (χ3n) is 4.59. The molecule has 0 aliphatic rings. The summed E-state index contributed by atoms with van der Waals surface area (Å²) < 4.78 is 11.8. The molecule has 2 aromatic carbocycles. The van der Waals surface area contributed by atoms with Crippen LogP contribution in [0.15, 0.2) is 47.3 Å². The van der Waals surface area contributed by atoms with Crippen LogP contribution in [0.1, 0.15) is 30.8 Å².